The molecule has 0 aromatic heterocycles. The average molecular weight is 318 g/mol. The Labute approximate surface area is 114 Å². The molecule has 1 aromatic rings. The van der Waals surface area contributed by atoms with Gasteiger partial charge in [0.15, 0.2) is 6.61 Å². The van der Waals surface area contributed by atoms with E-state index in [1.165, 1.54) is 0 Å². The lowest BCUT2D eigenvalue weighted by atomic mass is 10.2. The third-order valence-corrected chi connectivity index (χ3v) is 2.96. The third-order valence-electron chi connectivity index (χ3n) is 2.19. The van der Waals surface area contributed by atoms with E-state index in [0.717, 1.165) is 4.47 Å². The number of halogens is 1. The summed E-state index contributed by atoms with van der Waals surface area (Å²) in [6, 6.07) is 5.18. The molecule has 0 saturated heterocycles. The molecule has 0 aliphatic heterocycles. The number of carbonyl (C=O) groups excluding carboxylic acids is 1. The highest BCUT2D eigenvalue weighted by molar-refractivity contribution is 9.10. The Morgan fingerprint density at radius 3 is 2.94 bits per heavy atom. The van der Waals surface area contributed by atoms with Crippen molar-refractivity contribution in [1.82, 2.24) is 5.32 Å². The molecule has 0 fully saturated rings. The number of benzene rings is 1. The van der Waals surface area contributed by atoms with Gasteiger partial charge in [-0.15, -0.1) is 0 Å². The van der Waals surface area contributed by atoms with Gasteiger partial charge < -0.3 is 19.9 Å². The summed E-state index contributed by atoms with van der Waals surface area (Å²) in [5.74, 6) is 0.338. The molecule has 0 spiro atoms. The largest absolute Gasteiger partial charge is 0.484 e. The minimum absolute atomic E-state index is 0.0593. The number of hydrogen-bond donors (Lipinski definition) is 2. The topological polar surface area (TPSA) is 67.8 Å². The molecule has 6 heteroatoms. The van der Waals surface area contributed by atoms with Crippen molar-refractivity contribution in [2.45, 2.75) is 6.61 Å². The van der Waals surface area contributed by atoms with Gasteiger partial charge in [0.2, 0.25) is 0 Å². The standard InChI is InChI=1S/C12H16BrNO4/c1-17-5-4-14-12(16)8-18-10-2-3-11(13)9(6-10)7-15/h2-3,6,15H,4-5,7-8H2,1H3,(H,14,16). The summed E-state index contributed by atoms with van der Waals surface area (Å²) in [5, 5.41) is 11.7. The first-order valence-electron chi connectivity index (χ1n) is 5.45. The number of ether oxygens (including phenoxy) is 2. The van der Waals surface area contributed by atoms with Crippen LogP contribution in [0.5, 0.6) is 5.75 Å². The Balaban J connectivity index is 2.41. The maximum absolute atomic E-state index is 11.4. The highest BCUT2D eigenvalue weighted by atomic mass is 79.9. The number of amides is 1. The number of aliphatic hydroxyl groups is 1. The molecule has 18 heavy (non-hydrogen) atoms. The van der Waals surface area contributed by atoms with Crippen LogP contribution >= 0.6 is 15.9 Å². The number of rotatable bonds is 7. The Kier molecular flexibility index (Phi) is 6.70. The van der Waals surface area contributed by atoms with Crippen LogP contribution in [-0.4, -0.2) is 37.9 Å². The van der Waals surface area contributed by atoms with E-state index in [0.29, 0.717) is 24.5 Å². The quantitative estimate of drug-likeness (QED) is 0.739. The zero-order chi connectivity index (χ0) is 13.4. The van der Waals surface area contributed by atoms with Crippen molar-refractivity contribution < 1.29 is 19.4 Å². The van der Waals surface area contributed by atoms with Gasteiger partial charge in [0.05, 0.1) is 13.2 Å². The molecule has 0 unspecified atom stereocenters. The Morgan fingerprint density at radius 1 is 1.50 bits per heavy atom. The Bertz CT molecular complexity index is 398. The molecule has 1 rings (SSSR count). The van der Waals surface area contributed by atoms with Crippen LogP contribution in [0.2, 0.25) is 0 Å². The lowest BCUT2D eigenvalue weighted by molar-refractivity contribution is -0.123. The number of hydrogen-bond acceptors (Lipinski definition) is 4. The van der Waals surface area contributed by atoms with Crippen molar-refractivity contribution in [3.05, 3.63) is 28.2 Å². The second kappa shape index (κ2) is 8.07. The van der Waals surface area contributed by atoms with Crippen molar-refractivity contribution in [3.63, 3.8) is 0 Å². The van der Waals surface area contributed by atoms with Crippen LogP contribution < -0.4 is 10.1 Å². The first-order valence-corrected chi connectivity index (χ1v) is 6.24. The van der Waals surface area contributed by atoms with Gasteiger partial charge in [0.1, 0.15) is 5.75 Å². The Morgan fingerprint density at radius 2 is 2.28 bits per heavy atom. The second-order valence-electron chi connectivity index (χ2n) is 3.54. The summed E-state index contributed by atoms with van der Waals surface area (Å²) in [7, 11) is 1.57. The van der Waals surface area contributed by atoms with Crippen LogP contribution in [0.15, 0.2) is 22.7 Å². The minimum atomic E-state index is -0.208. The zero-order valence-electron chi connectivity index (χ0n) is 10.1. The van der Waals surface area contributed by atoms with Gasteiger partial charge in [0.25, 0.3) is 5.91 Å². The molecule has 1 aromatic carbocycles. The lowest BCUT2D eigenvalue weighted by Crippen LogP contribution is -2.31. The molecule has 2 N–H and O–H groups in total. The Hall–Kier alpha value is -1.11. The van der Waals surface area contributed by atoms with Crippen LogP contribution in [0.25, 0.3) is 0 Å². The van der Waals surface area contributed by atoms with Crippen molar-refractivity contribution >= 4 is 21.8 Å². The van der Waals surface area contributed by atoms with E-state index < -0.39 is 0 Å². The van der Waals surface area contributed by atoms with Gasteiger partial charge in [0, 0.05) is 18.1 Å². The molecule has 0 aliphatic rings. The minimum Gasteiger partial charge on any atom is -0.484 e. The smallest absolute Gasteiger partial charge is 0.258 e. The fourth-order valence-electron chi connectivity index (χ4n) is 1.25. The predicted octanol–water partition coefficient (Wildman–Crippen LogP) is 1.08. The van der Waals surface area contributed by atoms with Crippen LogP contribution in [0.3, 0.4) is 0 Å². The van der Waals surface area contributed by atoms with Crippen LogP contribution in [-0.2, 0) is 16.1 Å². The fraction of sp³-hybridized carbons (Fsp3) is 0.417. The highest BCUT2D eigenvalue weighted by Crippen LogP contribution is 2.22. The highest BCUT2D eigenvalue weighted by Gasteiger charge is 2.04. The lowest BCUT2D eigenvalue weighted by Gasteiger charge is -2.09. The number of aliphatic hydroxyl groups excluding tert-OH is 1. The first kappa shape index (κ1) is 14.9. The van der Waals surface area contributed by atoms with Crippen LogP contribution in [0, 0.1) is 0 Å². The van der Waals surface area contributed by atoms with E-state index in [2.05, 4.69) is 21.2 Å². The van der Waals surface area contributed by atoms with Gasteiger partial charge in [-0.25, -0.2) is 0 Å². The molecule has 0 saturated carbocycles. The molecule has 0 atom stereocenters. The monoisotopic (exact) mass is 317 g/mol. The zero-order valence-corrected chi connectivity index (χ0v) is 11.7. The number of carbonyl (C=O) groups is 1. The molecule has 5 nitrogen and oxygen atoms in total. The maximum atomic E-state index is 11.4. The summed E-state index contributed by atoms with van der Waals surface area (Å²) in [6.45, 7) is 0.785. The SMILES string of the molecule is COCCNC(=O)COc1ccc(Br)c(CO)c1. The third kappa shape index (κ3) is 5.03. The predicted molar refractivity (Wildman–Crippen MR) is 70.4 cm³/mol. The molecule has 0 radical (unpaired) electrons. The van der Waals surface area contributed by atoms with Crippen molar-refractivity contribution in [2.75, 3.05) is 26.9 Å². The van der Waals surface area contributed by atoms with Gasteiger partial charge >= 0.3 is 0 Å². The molecule has 0 bridgehead atoms. The van der Waals surface area contributed by atoms with E-state index in [9.17, 15) is 4.79 Å². The summed E-state index contributed by atoms with van der Waals surface area (Å²) in [5.41, 5.74) is 0.715. The van der Waals surface area contributed by atoms with Gasteiger partial charge in [-0.2, -0.15) is 0 Å². The van der Waals surface area contributed by atoms with Gasteiger partial charge in [-0.3, -0.25) is 4.79 Å². The van der Waals surface area contributed by atoms with Crippen LogP contribution in [0.4, 0.5) is 0 Å². The average Bonchev–Trinajstić information content (AvgIpc) is 2.38. The van der Waals surface area contributed by atoms with Crippen molar-refractivity contribution in [3.8, 4) is 5.75 Å². The van der Waals surface area contributed by atoms with Crippen molar-refractivity contribution in [2.24, 2.45) is 0 Å². The molecular formula is C12H16BrNO4. The van der Waals surface area contributed by atoms with Crippen molar-refractivity contribution in [1.29, 1.82) is 0 Å². The first-order chi connectivity index (χ1) is 8.67. The molecule has 1 amide bonds. The van der Waals surface area contributed by atoms with E-state index >= 15 is 0 Å². The van der Waals surface area contributed by atoms with Crippen LogP contribution in [0.1, 0.15) is 5.56 Å². The van der Waals surface area contributed by atoms with E-state index in [-0.39, 0.29) is 19.1 Å². The number of nitrogens with one attached hydrogen (secondary N) is 1. The molecule has 0 heterocycles. The van der Waals surface area contributed by atoms with Gasteiger partial charge in [-0.05, 0) is 23.8 Å². The summed E-state index contributed by atoms with van der Waals surface area (Å²) < 4.78 is 10.9. The van der Waals surface area contributed by atoms with E-state index in [1.807, 2.05) is 0 Å². The normalized spacial score (nSPS) is 10.2. The molecule has 0 aliphatic carbocycles. The molecule has 100 valence electrons. The number of methoxy groups -OCH3 is 1. The maximum Gasteiger partial charge on any atom is 0.258 e. The van der Waals surface area contributed by atoms with E-state index in [4.69, 9.17) is 14.6 Å². The second-order valence-corrected chi connectivity index (χ2v) is 4.40. The van der Waals surface area contributed by atoms with E-state index in [1.54, 1.807) is 25.3 Å². The summed E-state index contributed by atoms with van der Waals surface area (Å²) in [6.07, 6.45) is 0. The van der Waals surface area contributed by atoms with Gasteiger partial charge in [-0.1, -0.05) is 15.9 Å². The fourth-order valence-corrected chi connectivity index (χ4v) is 1.63. The summed E-state index contributed by atoms with van der Waals surface area (Å²) >= 11 is 3.30. The molecular weight excluding hydrogens is 302 g/mol. The summed E-state index contributed by atoms with van der Waals surface area (Å²) in [4.78, 5) is 11.4.